The number of nitrogens with one attached hydrogen (secondary N) is 2. The molecule has 0 aromatic carbocycles. The van der Waals surface area contributed by atoms with Crippen molar-refractivity contribution < 1.29 is 4.42 Å². The number of thiophene rings is 1. The van der Waals surface area contributed by atoms with E-state index in [1.165, 1.54) is 11.3 Å². The first-order valence-electron chi connectivity index (χ1n) is 5.98. The van der Waals surface area contributed by atoms with Crippen LogP contribution in [0, 0.1) is 0 Å². The van der Waals surface area contributed by atoms with Crippen LogP contribution in [0.2, 0.25) is 4.34 Å². The zero-order valence-electron chi connectivity index (χ0n) is 11.2. The van der Waals surface area contributed by atoms with Crippen molar-refractivity contribution in [2.24, 2.45) is 0 Å². The summed E-state index contributed by atoms with van der Waals surface area (Å²) in [4.78, 5) is 1.12. The molecular weight excluding hydrogens is 284 g/mol. The van der Waals surface area contributed by atoms with Crippen LogP contribution in [-0.2, 0) is 13.1 Å². The molecule has 0 aliphatic heterocycles. The molecule has 104 valence electrons. The Balaban J connectivity index is 1.84. The molecular formula is C12H17ClN4OS. The normalized spacial score (nSPS) is 11.8. The standard InChI is InChI=1S/C12H17ClN4OS/c1-12(2,3)15-7-10-16-17-11(18-10)14-6-8-4-5-9(13)19-8/h4-5,15H,6-7H2,1-3H3,(H,14,17). The van der Waals surface area contributed by atoms with E-state index in [1.807, 2.05) is 12.1 Å². The molecule has 0 fully saturated rings. The number of halogens is 1. The number of anilines is 1. The molecule has 2 N–H and O–H groups in total. The van der Waals surface area contributed by atoms with Crippen LogP contribution in [0.1, 0.15) is 31.5 Å². The molecule has 2 rings (SSSR count). The van der Waals surface area contributed by atoms with Gasteiger partial charge in [0.15, 0.2) is 0 Å². The van der Waals surface area contributed by atoms with E-state index in [0.29, 0.717) is 25.0 Å². The number of aromatic nitrogens is 2. The predicted molar refractivity (Wildman–Crippen MR) is 77.5 cm³/mol. The van der Waals surface area contributed by atoms with Gasteiger partial charge in [0.1, 0.15) is 0 Å². The van der Waals surface area contributed by atoms with Crippen LogP contribution in [0.3, 0.4) is 0 Å². The third-order valence-corrected chi connectivity index (χ3v) is 3.51. The average molecular weight is 301 g/mol. The van der Waals surface area contributed by atoms with Gasteiger partial charge in [0.2, 0.25) is 5.89 Å². The molecule has 0 aliphatic rings. The lowest BCUT2D eigenvalue weighted by Crippen LogP contribution is -2.35. The lowest BCUT2D eigenvalue weighted by atomic mass is 10.1. The predicted octanol–water partition coefficient (Wildman–Crippen LogP) is 3.28. The van der Waals surface area contributed by atoms with Gasteiger partial charge in [-0.2, -0.15) is 0 Å². The van der Waals surface area contributed by atoms with E-state index in [9.17, 15) is 0 Å². The third kappa shape index (κ3) is 4.81. The zero-order chi connectivity index (χ0) is 13.9. The minimum atomic E-state index is 0.0236. The first-order chi connectivity index (χ1) is 8.92. The molecule has 2 aromatic rings. The number of hydrogen-bond donors (Lipinski definition) is 2. The van der Waals surface area contributed by atoms with E-state index in [4.69, 9.17) is 16.0 Å². The largest absolute Gasteiger partial charge is 0.407 e. The van der Waals surface area contributed by atoms with Crippen molar-refractivity contribution in [3.63, 3.8) is 0 Å². The second-order valence-electron chi connectivity index (χ2n) is 5.16. The van der Waals surface area contributed by atoms with Gasteiger partial charge in [-0.05, 0) is 32.9 Å². The maximum Gasteiger partial charge on any atom is 0.315 e. The zero-order valence-corrected chi connectivity index (χ0v) is 12.7. The van der Waals surface area contributed by atoms with E-state index in [1.54, 1.807) is 0 Å². The molecule has 0 saturated heterocycles. The number of nitrogens with zero attached hydrogens (tertiary/aromatic N) is 2. The fourth-order valence-electron chi connectivity index (χ4n) is 1.35. The van der Waals surface area contributed by atoms with Crippen molar-refractivity contribution in [3.8, 4) is 0 Å². The molecule has 2 aromatic heterocycles. The van der Waals surface area contributed by atoms with Gasteiger partial charge < -0.3 is 15.1 Å². The lowest BCUT2D eigenvalue weighted by Gasteiger charge is -2.18. The van der Waals surface area contributed by atoms with Crippen molar-refractivity contribution >= 4 is 29.0 Å². The second-order valence-corrected chi connectivity index (χ2v) is 6.96. The Bertz CT molecular complexity index is 532. The number of hydrogen-bond acceptors (Lipinski definition) is 6. The molecule has 0 unspecified atom stereocenters. The number of rotatable bonds is 5. The molecule has 19 heavy (non-hydrogen) atoms. The first kappa shape index (κ1) is 14.3. The van der Waals surface area contributed by atoms with Gasteiger partial charge in [-0.15, -0.1) is 16.4 Å². The van der Waals surface area contributed by atoms with Gasteiger partial charge in [-0.25, -0.2) is 0 Å². The summed E-state index contributed by atoms with van der Waals surface area (Å²) in [6, 6.07) is 4.27. The quantitative estimate of drug-likeness (QED) is 0.887. The topological polar surface area (TPSA) is 63.0 Å². The first-order valence-corrected chi connectivity index (χ1v) is 7.17. The summed E-state index contributed by atoms with van der Waals surface area (Å²) >= 11 is 7.39. The van der Waals surface area contributed by atoms with Gasteiger partial charge >= 0.3 is 6.01 Å². The van der Waals surface area contributed by atoms with Crippen LogP contribution < -0.4 is 10.6 Å². The minimum absolute atomic E-state index is 0.0236. The maximum atomic E-state index is 5.86. The van der Waals surface area contributed by atoms with Crippen LogP contribution >= 0.6 is 22.9 Å². The van der Waals surface area contributed by atoms with Crippen molar-refractivity contribution in [2.75, 3.05) is 5.32 Å². The molecule has 0 atom stereocenters. The third-order valence-electron chi connectivity index (χ3n) is 2.28. The lowest BCUT2D eigenvalue weighted by molar-refractivity contribution is 0.383. The monoisotopic (exact) mass is 300 g/mol. The second kappa shape index (κ2) is 5.90. The van der Waals surface area contributed by atoms with E-state index >= 15 is 0 Å². The Kier molecular flexibility index (Phi) is 4.44. The summed E-state index contributed by atoms with van der Waals surface area (Å²) in [6.45, 7) is 7.45. The van der Waals surface area contributed by atoms with Gasteiger partial charge in [0.05, 0.1) is 17.4 Å². The highest BCUT2D eigenvalue weighted by molar-refractivity contribution is 7.16. The summed E-state index contributed by atoms with van der Waals surface area (Å²) < 4.78 is 6.26. The van der Waals surface area contributed by atoms with Crippen molar-refractivity contribution in [1.29, 1.82) is 0 Å². The van der Waals surface area contributed by atoms with Crippen LogP contribution in [0.15, 0.2) is 16.5 Å². The van der Waals surface area contributed by atoms with Crippen molar-refractivity contribution in [3.05, 3.63) is 27.2 Å². The van der Waals surface area contributed by atoms with Gasteiger partial charge in [0.25, 0.3) is 0 Å². The summed E-state index contributed by atoms with van der Waals surface area (Å²) in [5.74, 6) is 0.571. The summed E-state index contributed by atoms with van der Waals surface area (Å²) in [5, 5.41) is 14.3. The molecule has 7 heteroatoms. The minimum Gasteiger partial charge on any atom is -0.407 e. The van der Waals surface area contributed by atoms with Crippen LogP contribution in [0.25, 0.3) is 0 Å². The van der Waals surface area contributed by atoms with E-state index in [-0.39, 0.29) is 5.54 Å². The van der Waals surface area contributed by atoms with Crippen LogP contribution in [0.5, 0.6) is 0 Å². The maximum absolute atomic E-state index is 5.86. The highest BCUT2D eigenvalue weighted by Gasteiger charge is 2.12. The van der Waals surface area contributed by atoms with Crippen LogP contribution in [-0.4, -0.2) is 15.7 Å². The molecule has 2 heterocycles. The summed E-state index contributed by atoms with van der Waals surface area (Å²) in [7, 11) is 0. The summed E-state index contributed by atoms with van der Waals surface area (Å²) in [5.41, 5.74) is 0.0236. The Morgan fingerprint density at radius 3 is 2.68 bits per heavy atom. The Labute approximate surface area is 121 Å². The Hall–Kier alpha value is -1.11. The highest BCUT2D eigenvalue weighted by atomic mass is 35.5. The fraction of sp³-hybridized carbons (Fsp3) is 0.500. The average Bonchev–Trinajstić information content (AvgIpc) is 2.92. The highest BCUT2D eigenvalue weighted by Crippen LogP contribution is 2.22. The molecule has 0 amide bonds. The van der Waals surface area contributed by atoms with E-state index in [0.717, 1.165) is 9.21 Å². The van der Waals surface area contributed by atoms with Gasteiger partial charge in [0, 0.05) is 10.4 Å². The molecule has 0 radical (unpaired) electrons. The van der Waals surface area contributed by atoms with Crippen LogP contribution in [0.4, 0.5) is 6.01 Å². The van der Waals surface area contributed by atoms with E-state index in [2.05, 4.69) is 41.6 Å². The fourth-order valence-corrected chi connectivity index (χ4v) is 2.37. The van der Waals surface area contributed by atoms with Crippen molar-refractivity contribution in [2.45, 2.75) is 39.4 Å². The van der Waals surface area contributed by atoms with Crippen molar-refractivity contribution in [1.82, 2.24) is 15.5 Å². The molecule has 5 nitrogen and oxygen atoms in total. The molecule has 0 spiro atoms. The molecule has 0 bridgehead atoms. The SMILES string of the molecule is CC(C)(C)NCc1nnc(NCc2ccc(Cl)s2)o1. The van der Waals surface area contributed by atoms with Gasteiger partial charge in [-0.1, -0.05) is 16.7 Å². The Morgan fingerprint density at radius 2 is 2.05 bits per heavy atom. The Morgan fingerprint density at radius 1 is 1.26 bits per heavy atom. The van der Waals surface area contributed by atoms with Gasteiger partial charge in [-0.3, -0.25) is 0 Å². The molecule has 0 saturated carbocycles. The smallest absolute Gasteiger partial charge is 0.315 e. The summed E-state index contributed by atoms with van der Waals surface area (Å²) in [6.07, 6.45) is 0. The van der Waals surface area contributed by atoms with E-state index < -0.39 is 0 Å². The molecule has 0 aliphatic carbocycles.